The summed E-state index contributed by atoms with van der Waals surface area (Å²) in [7, 11) is 0. The molecule has 5 nitrogen and oxygen atoms in total. The zero-order valence-corrected chi connectivity index (χ0v) is 15.0. The van der Waals surface area contributed by atoms with Gasteiger partial charge in [0.1, 0.15) is 0 Å². The number of pyridine rings is 1. The third-order valence-electron chi connectivity index (χ3n) is 4.44. The van der Waals surface area contributed by atoms with Gasteiger partial charge in [-0.15, -0.1) is 0 Å². The van der Waals surface area contributed by atoms with E-state index in [0.29, 0.717) is 32.6 Å². The van der Waals surface area contributed by atoms with Crippen molar-refractivity contribution >= 4 is 40.1 Å². The molecule has 4 rings (SSSR count). The lowest BCUT2D eigenvalue weighted by Gasteiger charge is -2.26. The summed E-state index contributed by atoms with van der Waals surface area (Å²) in [5.41, 5.74) is 1.02. The number of piperidine rings is 1. The van der Waals surface area contributed by atoms with E-state index in [2.05, 4.69) is 14.9 Å². The quantitative estimate of drug-likeness (QED) is 0.677. The molecule has 0 atom stereocenters. The van der Waals surface area contributed by atoms with E-state index in [1.807, 2.05) is 6.07 Å². The van der Waals surface area contributed by atoms with E-state index in [-0.39, 0.29) is 5.56 Å². The van der Waals surface area contributed by atoms with Crippen LogP contribution in [-0.2, 0) is 0 Å². The van der Waals surface area contributed by atoms with Crippen LogP contribution < -0.4 is 10.5 Å². The molecule has 0 spiro atoms. The second kappa shape index (κ2) is 6.65. The topological polar surface area (TPSA) is 51.0 Å². The number of hydrogen-bond donors (Lipinski definition) is 0. The summed E-state index contributed by atoms with van der Waals surface area (Å²) >= 11 is 12.2. The van der Waals surface area contributed by atoms with Gasteiger partial charge in [-0.2, -0.15) is 0 Å². The minimum absolute atomic E-state index is 0.202. The van der Waals surface area contributed by atoms with Gasteiger partial charge in [0.05, 0.1) is 21.6 Å². The zero-order valence-electron chi connectivity index (χ0n) is 13.5. The summed E-state index contributed by atoms with van der Waals surface area (Å²) in [5, 5.41) is 1.41. The Morgan fingerprint density at radius 2 is 1.84 bits per heavy atom. The maximum Gasteiger partial charge on any atom is 0.266 e. The number of benzene rings is 1. The molecule has 128 valence electrons. The van der Waals surface area contributed by atoms with E-state index in [9.17, 15) is 4.79 Å². The van der Waals surface area contributed by atoms with E-state index in [4.69, 9.17) is 23.2 Å². The number of nitrogens with zero attached hydrogens (tertiary/aromatic N) is 4. The molecule has 0 N–H and O–H groups in total. The van der Waals surface area contributed by atoms with E-state index < -0.39 is 0 Å². The molecule has 1 aliphatic rings. The fourth-order valence-electron chi connectivity index (χ4n) is 3.13. The van der Waals surface area contributed by atoms with Crippen LogP contribution >= 0.6 is 23.2 Å². The largest absolute Gasteiger partial charge is 0.341 e. The summed E-state index contributed by atoms with van der Waals surface area (Å²) in [6.07, 6.45) is 6.84. The summed E-state index contributed by atoms with van der Waals surface area (Å²) in [4.78, 5) is 24.0. The number of anilines is 1. The number of aromatic nitrogens is 3. The van der Waals surface area contributed by atoms with Crippen molar-refractivity contribution in [3.8, 4) is 5.69 Å². The van der Waals surface area contributed by atoms with Crippen LogP contribution in [-0.4, -0.2) is 27.6 Å². The first-order valence-corrected chi connectivity index (χ1v) is 8.98. The van der Waals surface area contributed by atoms with Gasteiger partial charge < -0.3 is 4.90 Å². The first kappa shape index (κ1) is 16.4. The lowest BCUT2D eigenvalue weighted by atomic mass is 10.1. The standard InChI is InChI=1S/C18H16Cl2N4O/c19-12-4-5-16(14(20)10-12)24-9-6-15-13(17(24)25)11-21-18(22-15)23-7-2-1-3-8-23/h4-6,9-11H,1-3,7-8H2. The van der Waals surface area contributed by atoms with Crippen LogP contribution in [0.4, 0.5) is 5.95 Å². The zero-order chi connectivity index (χ0) is 17.4. The van der Waals surface area contributed by atoms with Gasteiger partial charge in [-0.25, -0.2) is 9.97 Å². The van der Waals surface area contributed by atoms with Crippen LogP contribution in [0, 0.1) is 0 Å². The summed E-state index contributed by atoms with van der Waals surface area (Å²) < 4.78 is 1.49. The van der Waals surface area contributed by atoms with Gasteiger partial charge in [0.25, 0.3) is 5.56 Å². The Kier molecular flexibility index (Phi) is 4.36. The highest BCUT2D eigenvalue weighted by Crippen LogP contribution is 2.24. The first-order chi connectivity index (χ1) is 12.1. The van der Waals surface area contributed by atoms with Crippen LogP contribution in [0.3, 0.4) is 0 Å². The third-order valence-corrected chi connectivity index (χ3v) is 4.98. The highest BCUT2D eigenvalue weighted by atomic mass is 35.5. The van der Waals surface area contributed by atoms with Gasteiger partial charge >= 0.3 is 0 Å². The third kappa shape index (κ3) is 3.10. The fraction of sp³-hybridized carbons (Fsp3) is 0.278. The average molecular weight is 375 g/mol. The lowest BCUT2D eigenvalue weighted by Crippen LogP contribution is -2.31. The van der Waals surface area contributed by atoms with Crippen LogP contribution in [0.5, 0.6) is 0 Å². The summed E-state index contributed by atoms with van der Waals surface area (Å²) in [6.45, 7) is 1.92. The number of halogens is 2. The van der Waals surface area contributed by atoms with Crippen LogP contribution in [0.15, 0.2) is 41.5 Å². The molecule has 1 aromatic carbocycles. The first-order valence-electron chi connectivity index (χ1n) is 8.22. The maximum atomic E-state index is 12.8. The molecular weight excluding hydrogens is 359 g/mol. The molecule has 0 bridgehead atoms. The van der Waals surface area contributed by atoms with Crippen LogP contribution in [0.1, 0.15) is 19.3 Å². The molecule has 25 heavy (non-hydrogen) atoms. The Morgan fingerprint density at radius 3 is 2.60 bits per heavy atom. The van der Waals surface area contributed by atoms with Crippen molar-refractivity contribution in [1.82, 2.24) is 14.5 Å². The molecule has 1 aliphatic heterocycles. The monoisotopic (exact) mass is 374 g/mol. The molecule has 0 aliphatic carbocycles. The minimum Gasteiger partial charge on any atom is -0.341 e. The van der Waals surface area contributed by atoms with Crippen molar-refractivity contribution in [3.63, 3.8) is 0 Å². The highest BCUT2D eigenvalue weighted by molar-refractivity contribution is 6.35. The van der Waals surface area contributed by atoms with E-state index in [1.165, 1.54) is 11.0 Å². The molecule has 3 aromatic rings. The van der Waals surface area contributed by atoms with E-state index in [1.54, 1.807) is 30.6 Å². The summed E-state index contributed by atoms with van der Waals surface area (Å²) in [5.74, 6) is 0.689. The molecule has 7 heteroatoms. The Labute approximate surface area is 154 Å². The molecule has 2 aromatic heterocycles. The van der Waals surface area contributed by atoms with Crippen molar-refractivity contribution in [2.24, 2.45) is 0 Å². The molecule has 0 saturated carbocycles. The van der Waals surface area contributed by atoms with Crippen molar-refractivity contribution < 1.29 is 0 Å². The molecular formula is C18H16Cl2N4O. The molecule has 1 saturated heterocycles. The molecule has 0 unspecified atom stereocenters. The Hall–Kier alpha value is -2.11. The van der Waals surface area contributed by atoms with E-state index in [0.717, 1.165) is 25.9 Å². The highest BCUT2D eigenvalue weighted by Gasteiger charge is 2.15. The lowest BCUT2D eigenvalue weighted by molar-refractivity contribution is 0.569. The van der Waals surface area contributed by atoms with Crippen molar-refractivity contribution in [3.05, 3.63) is 57.1 Å². The van der Waals surface area contributed by atoms with Gasteiger partial charge in [-0.05, 0) is 43.5 Å². The Bertz CT molecular complexity index is 996. The Balaban J connectivity index is 1.79. The number of rotatable bonds is 2. The number of fused-ring (bicyclic) bond motifs is 1. The van der Waals surface area contributed by atoms with Gasteiger partial charge in [0.2, 0.25) is 5.95 Å². The normalized spacial score (nSPS) is 14.9. The average Bonchev–Trinajstić information content (AvgIpc) is 2.63. The van der Waals surface area contributed by atoms with Crippen molar-refractivity contribution in [2.75, 3.05) is 18.0 Å². The Morgan fingerprint density at radius 1 is 1.04 bits per heavy atom. The minimum atomic E-state index is -0.202. The van der Waals surface area contributed by atoms with Crippen molar-refractivity contribution in [2.45, 2.75) is 19.3 Å². The SMILES string of the molecule is O=c1c2cnc(N3CCCCC3)nc2ccn1-c1ccc(Cl)cc1Cl. The predicted molar refractivity (Wildman–Crippen MR) is 101 cm³/mol. The van der Waals surface area contributed by atoms with Crippen LogP contribution in [0.2, 0.25) is 10.0 Å². The number of hydrogen-bond acceptors (Lipinski definition) is 4. The van der Waals surface area contributed by atoms with Gasteiger partial charge in [0, 0.05) is 30.5 Å². The fourth-order valence-corrected chi connectivity index (χ4v) is 3.63. The second-order valence-corrected chi connectivity index (χ2v) is 6.95. The van der Waals surface area contributed by atoms with Gasteiger partial charge in [-0.3, -0.25) is 9.36 Å². The molecule has 0 amide bonds. The van der Waals surface area contributed by atoms with Crippen LogP contribution in [0.25, 0.3) is 16.6 Å². The van der Waals surface area contributed by atoms with Crippen molar-refractivity contribution in [1.29, 1.82) is 0 Å². The van der Waals surface area contributed by atoms with Gasteiger partial charge in [-0.1, -0.05) is 23.2 Å². The maximum absolute atomic E-state index is 12.8. The molecule has 1 fully saturated rings. The smallest absolute Gasteiger partial charge is 0.266 e. The molecule has 0 radical (unpaired) electrons. The predicted octanol–water partition coefficient (Wildman–Crippen LogP) is 4.08. The second-order valence-electron chi connectivity index (χ2n) is 6.10. The molecule has 3 heterocycles. The van der Waals surface area contributed by atoms with E-state index >= 15 is 0 Å². The summed E-state index contributed by atoms with van der Waals surface area (Å²) in [6, 6.07) is 6.86. The van der Waals surface area contributed by atoms with Gasteiger partial charge in [0.15, 0.2) is 0 Å².